The molecule has 3 heterocycles. The van der Waals surface area contributed by atoms with Gasteiger partial charge in [-0.3, -0.25) is 24.3 Å². The van der Waals surface area contributed by atoms with Crippen molar-refractivity contribution < 1.29 is 5.11 Å². The molecule has 1 fully saturated rings. The van der Waals surface area contributed by atoms with E-state index in [1.165, 1.54) is 0 Å². The molecule has 156 valence electrons. The van der Waals surface area contributed by atoms with E-state index in [9.17, 15) is 9.90 Å². The molecule has 3 rings (SSSR count). The Labute approximate surface area is 176 Å². The minimum absolute atomic E-state index is 0.0947. The first kappa shape index (κ1) is 21.2. The van der Waals surface area contributed by atoms with Crippen LogP contribution in [0, 0.1) is 4.77 Å². The van der Waals surface area contributed by atoms with E-state index >= 15 is 0 Å². The highest BCUT2D eigenvalue weighted by molar-refractivity contribution is 7.71. The van der Waals surface area contributed by atoms with Crippen LogP contribution in [0.3, 0.4) is 0 Å². The normalized spacial score (nSPS) is 17.5. The van der Waals surface area contributed by atoms with Crippen LogP contribution in [0.1, 0.15) is 69.5 Å². The molecule has 2 aromatic heterocycles. The molecule has 0 spiro atoms. The van der Waals surface area contributed by atoms with Crippen molar-refractivity contribution in [2.75, 3.05) is 6.54 Å². The fourth-order valence-electron chi connectivity index (χ4n) is 3.74. The number of aromatic hydroxyl groups is 1. The lowest BCUT2D eigenvalue weighted by atomic mass is 9.98. The summed E-state index contributed by atoms with van der Waals surface area (Å²) >= 11 is 5.26. The molecule has 1 aliphatic heterocycles. The predicted molar refractivity (Wildman–Crippen MR) is 117 cm³/mol. The second kappa shape index (κ2) is 9.82. The highest BCUT2D eigenvalue weighted by Crippen LogP contribution is 2.31. The maximum absolute atomic E-state index is 12.7. The molecule has 0 bridgehead atoms. The first-order valence-electron chi connectivity index (χ1n) is 10.4. The van der Waals surface area contributed by atoms with Gasteiger partial charge in [0.05, 0.1) is 11.8 Å². The summed E-state index contributed by atoms with van der Waals surface area (Å²) in [4.78, 5) is 19.6. The Morgan fingerprint density at radius 1 is 1.41 bits per heavy atom. The van der Waals surface area contributed by atoms with E-state index in [1.54, 1.807) is 10.8 Å². The molecule has 1 atom stereocenters. The molecule has 0 saturated carbocycles. The number of pyridine rings is 1. The highest BCUT2D eigenvalue weighted by Gasteiger charge is 2.25. The Kier molecular flexibility index (Phi) is 7.19. The van der Waals surface area contributed by atoms with Crippen molar-refractivity contribution in [2.24, 2.45) is 5.10 Å². The molecule has 8 heteroatoms. The van der Waals surface area contributed by atoms with Crippen molar-refractivity contribution in [1.82, 2.24) is 19.5 Å². The summed E-state index contributed by atoms with van der Waals surface area (Å²) in [6.07, 6.45) is 9.14. The van der Waals surface area contributed by atoms with E-state index in [0.29, 0.717) is 18.7 Å². The summed E-state index contributed by atoms with van der Waals surface area (Å²) in [5.41, 5.74) is 1.51. The van der Waals surface area contributed by atoms with Gasteiger partial charge < -0.3 is 5.11 Å². The van der Waals surface area contributed by atoms with Crippen molar-refractivity contribution in [3.05, 3.63) is 50.8 Å². The van der Waals surface area contributed by atoms with Crippen molar-refractivity contribution in [3.63, 3.8) is 0 Å². The molecule has 1 saturated heterocycles. The number of nitrogens with zero attached hydrogens (tertiary/aromatic N) is 4. The smallest absolute Gasteiger partial charge is 0.264 e. The first-order chi connectivity index (χ1) is 14.1. The molecule has 0 unspecified atom stereocenters. The van der Waals surface area contributed by atoms with Crippen LogP contribution < -0.4 is 5.56 Å². The lowest BCUT2D eigenvalue weighted by Gasteiger charge is -2.34. The van der Waals surface area contributed by atoms with Gasteiger partial charge in [-0.05, 0) is 56.0 Å². The number of unbranched alkanes of at least 4 members (excludes halogenated alkanes) is 1. The molecular weight excluding hydrogens is 386 g/mol. The number of hydrogen-bond acceptors (Lipinski definition) is 6. The maximum Gasteiger partial charge on any atom is 0.264 e. The van der Waals surface area contributed by atoms with Gasteiger partial charge in [0.25, 0.3) is 5.56 Å². The third kappa shape index (κ3) is 4.75. The molecule has 2 N–H and O–H groups in total. The number of hydrogen-bond donors (Lipinski definition) is 2. The molecule has 0 aromatic carbocycles. The van der Waals surface area contributed by atoms with E-state index in [2.05, 4.69) is 23.0 Å². The zero-order chi connectivity index (χ0) is 20.8. The van der Waals surface area contributed by atoms with Crippen molar-refractivity contribution in [3.8, 4) is 5.88 Å². The van der Waals surface area contributed by atoms with Gasteiger partial charge in [0.2, 0.25) is 5.88 Å². The van der Waals surface area contributed by atoms with Crippen LogP contribution in [0.15, 0.2) is 34.4 Å². The Morgan fingerprint density at radius 2 is 2.24 bits per heavy atom. The van der Waals surface area contributed by atoms with Gasteiger partial charge in [0.15, 0.2) is 4.77 Å². The van der Waals surface area contributed by atoms with Gasteiger partial charge in [0, 0.05) is 25.5 Å². The van der Waals surface area contributed by atoms with Crippen LogP contribution in [-0.4, -0.2) is 36.9 Å². The first-order valence-corrected chi connectivity index (χ1v) is 10.8. The molecular formula is C21H29N5O2S. The second-order valence-corrected chi connectivity index (χ2v) is 7.71. The monoisotopic (exact) mass is 415 g/mol. The maximum atomic E-state index is 12.7. The average molecular weight is 416 g/mol. The third-order valence-corrected chi connectivity index (χ3v) is 5.65. The number of piperidine rings is 1. The fourth-order valence-corrected chi connectivity index (χ4v) is 4.01. The van der Waals surface area contributed by atoms with Gasteiger partial charge in [0.1, 0.15) is 5.56 Å². The summed E-state index contributed by atoms with van der Waals surface area (Å²) < 4.78 is 1.83. The summed E-state index contributed by atoms with van der Waals surface area (Å²) in [5, 5.41) is 17.7. The fraction of sp³-hybridized carbons (Fsp3) is 0.524. The third-order valence-electron chi connectivity index (χ3n) is 5.32. The lowest BCUT2D eigenvalue weighted by molar-refractivity contribution is 0.154. The van der Waals surface area contributed by atoms with Crippen molar-refractivity contribution in [1.29, 1.82) is 0 Å². The SMILES string of the molecule is CCCCn1c(O)c(/C(CC)=N/N2CCCC[C@@H]2c2cccnc2)c(=O)[nH]c1=S. The summed E-state index contributed by atoms with van der Waals surface area (Å²) in [6, 6.07) is 4.11. The van der Waals surface area contributed by atoms with Gasteiger partial charge >= 0.3 is 0 Å². The summed E-state index contributed by atoms with van der Waals surface area (Å²) in [5.74, 6) is -0.0947. The van der Waals surface area contributed by atoms with Crippen LogP contribution >= 0.6 is 12.2 Å². The highest BCUT2D eigenvalue weighted by atomic mass is 32.1. The number of nitrogens with one attached hydrogen (secondary N) is 1. The quantitative estimate of drug-likeness (QED) is 0.524. The summed E-state index contributed by atoms with van der Waals surface area (Å²) in [7, 11) is 0. The molecule has 1 aliphatic rings. The minimum atomic E-state index is -0.393. The predicted octanol–water partition coefficient (Wildman–Crippen LogP) is 4.15. The van der Waals surface area contributed by atoms with Gasteiger partial charge in [-0.15, -0.1) is 0 Å². The second-order valence-electron chi connectivity index (χ2n) is 7.32. The molecule has 7 nitrogen and oxygen atoms in total. The Balaban J connectivity index is 2.03. The largest absolute Gasteiger partial charge is 0.494 e. The van der Waals surface area contributed by atoms with Crippen LogP contribution in [0.2, 0.25) is 0 Å². The van der Waals surface area contributed by atoms with E-state index in [1.807, 2.05) is 24.2 Å². The number of hydrazone groups is 1. The Hall–Kier alpha value is -2.48. The van der Waals surface area contributed by atoms with Gasteiger partial charge in [-0.25, -0.2) is 0 Å². The van der Waals surface area contributed by atoms with Crippen LogP contribution in [0.25, 0.3) is 0 Å². The molecule has 29 heavy (non-hydrogen) atoms. The van der Waals surface area contributed by atoms with E-state index in [4.69, 9.17) is 17.3 Å². The molecule has 0 amide bonds. The van der Waals surface area contributed by atoms with Crippen LogP contribution in [0.4, 0.5) is 0 Å². The standard InChI is InChI=1S/C21H29N5O2S/c1-3-5-12-25-20(28)18(19(27)23-21(25)29)16(4-2)24-26-13-7-6-10-17(26)15-9-8-11-22-14-15/h8-9,11,14,17,28H,3-7,10,12-13H2,1-2H3,(H,23,27,29)/b24-16+/t17-/m1/s1. The van der Waals surface area contributed by atoms with Gasteiger partial charge in [-0.1, -0.05) is 26.3 Å². The van der Waals surface area contributed by atoms with Crippen LogP contribution in [-0.2, 0) is 6.54 Å². The zero-order valence-electron chi connectivity index (χ0n) is 17.1. The number of H-pyrrole nitrogens is 1. The van der Waals surface area contributed by atoms with E-state index in [0.717, 1.165) is 44.2 Å². The molecule has 0 radical (unpaired) electrons. The topological polar surface area (TPSA) is 86.5 Å². The summed E-state index contributed by atoms with van der Waals surface area (Å²) in [6.45, 7) is 5.38. The Bertz CT molecular complexity index is 967. The zero-order valence-corrected chi connectivity index (χ0v) is 17.9. The average Bonchev–Trinajstić information content (AvgIpc) is 2.73. The number of rotatable bonds is 7. The molecule has 0 aliphatic carbocycles. The lowest BCUT2D eigenvalue weighted by Crippen LogP contribution is -2.32. The minimum Gasteiger partial charge on any atom is -0.494 e. The van der Waals surface area contributed by atoms with Crippen LogP contribution in [0.5, 0.6) is 5.88 Å². The van der Waals surface area contributed by atoms with Crippen molar-refractivity contribution in [2.45, 2.75) is 65.0 Å². The Morgan fingerprint density at radius 3 is 2.93 bits per heavy atom. The molecule has 2 aromatic rings. The van der Waals surface area contributed by atoms with E-state index < -0.39 is 5.56 Å². The van der Waals surface area contributed by atoms with Crippen molar-refractivity contribution >= 4 is 17.9 Å². The van der Waals surface area contributed by atoms with Gasteiger partial charge in [-0.2, -0.15) is 5.10 Å². The van der Waals surface area contributed by atoms with E-state index in [-0.39, 0.29) is 22.3 Å². The number of aromatic amines is 1. The number of aromatic nitrogens is 3.